The zero-order valence-corrected chi connectivity index (χ0v) is 12.4. The molecule has 0 radical (unpaired) electrons. The van der Waals surface area contributed by atoms with Gasteiger partial charge < -0.3 is 5.32 Å². The van der Waals surface area contributed by atoms with Crippen LogP contribution in [0.3, 0.4) is 0 Å². The second-order valence-electron chi connectivity index (χ2n) is 4.05. The average Bonchev–Trinajstić information content (AvgIpc) is 2.37. The third kappa shape index (κ3) is 2.96. The average molecular weight is 347 g/mol. The Morgan fingerprint density at radius 3 is 2.63 bits per heavy atom. The summed E-state index contributed by atoms with van der Waals surface area (Å²) in [4.78, 5) is 0. The fourth-order valence-corrected chi connectivity index (χ4v) is 2.44. The van der Waals surface area contributed by atoms with Gasteiger partial charge in [0.05, 0.1) is 10.0 Å². The molecule has 1 N–H and O–H groups in total. The molecular weight excluding hydrogens is 336 g/mol. The molecule has 0 aliphatic carbocycles. The van der Waals surface area contributed by atoms with Gasteiger partial charge in [-0.25, -0.2) is 8.78 Å². The van der Waals surface area contributed by atoms with E-state index in [9.17, 15) is 8.78 Å². The first-order valence-electron chi connectivity index (χ1n) is 5.61. The van der Waals surface area contributed by atoms with E-state index < -0.39 is 11.6 Å². The van der Waals surface area contributed by atoms with Gasteiger partial charge in [0.25, 0.3) is 0 Å². The maximum atomic E-state index is 14.1. The lowest BCUT2D eigenvalue weighted by atomic mass is 9.98. The van der Waals surface area contributed by atoms with Crippen molar-refractivity contribution in [1.82, 2.24) is 5.32 Å². The Kier molecular flexibility index (Phi) is 4.55. The maximum absolute atomic E-state index is 14.1. The molecule has 1 nitrogen and oxygen atoms in total. The Hall–Kier alpha value is -0.970. The van der Waals surface area contributed by atoms with Crippen molar-refractivity contribution in [3.05, 3.63) is 57.0 Å². The molecule has 19 heavy (non-hydrogen) atoms. The lowest BCUT2D eigenvalue weighted by Crippen LogP contribution is -2.07. The standard InChI is InChI=1S/C14H11BrClF2N/c1-19-7-8-6-9(16)2-3-10(8)13-12(17)5-4-11(15)14(13)18/h2-6,19H,7H2,1H3. The number of rotatable bonds is 3. The van der Waals surface area contributed by atoms with Crippen molar-refractivity contribution in [2.24, 2.45) is 0 Å². The number of nitrogens with one attached hydrogen (secondary N) is 1. The minimum absolute atomic E-state index is 0.0451. The molecule has 0 aliphatic rings. The Labute approximate surface area is 123 Å². The van der Waals surface area contributed by atoms with Gasteiger partial charge in [0.2, 0.25) is 0 Å². The second kappa shape index (κ2) is 5.99. The van der Waals surface area contributed by atoms with E-state index >= 15 is 0 Å². The second-order valence-corrected chi connectivity index (χ2v) is 5.34. The molecule has 2 rings (SSSR count). The van der Waals surface area contributed by atoms with Crippen LogP contribution < -0.4 is 5.32 Å². The highest BCUT2D eigenvalue weighted by atomic mass is 79.9. The number of hydrogen-bond donors (Lipinski definition) is 1. The summed E-state index contributed by atoms with van der Waals surface area (Å²) in [5.74, 6) is -1.21. The number of benzene rings is 2. The van der Waals surface area contributed by atoms with Gasteiger partial charge in [0.1, 0.15) is 11.6 Å². The normalized spacial score (nSPS) is 10.8. The van der Waals surface area contributed by atoms with E-state index in [1.54, 1.807) is 25.2 Å². The van der Waals surface area contributed by atoms with Crippen LogP contribution in [0.15, 0.2) is 34.8 Å². The van der Waals surface area contributed by atoms with Gasteiger partial charge in [-0.1, -0.05) is 17.7 Å². The van der Waals surface area contributed by atoms with Crippen molar-refractivity contribution in [3.8, 4) is 11.1 Å². The molecule has 100 valence electrons. The van der Waals surface area contributed by atoms with Crippen molar-refractivity contribution in [1.29, 1.82) is 0 Å². The van der Waals surface area contributed by atoms with Gasteiger partial charge in [-0.2, -0.15) is 0 Å². The Morgan fingerprint density at radius 1 is 1.21 bits per heavy atom. The topological polar surface area (TPSA) is 12.0 Å². The fraction of sp³-hybridized carbons (Fsp3) is 0.143. The lowest BCUT2D eigenvalue weighted by molar-refractivity contribution is 0.585. The first-order valence-corrected chi connectivity index (χ1v) is 6.78. The van der Waals surface area contributed by atoms with E-state index in [2.05, 4.69) is 21.2 Å². The van der Waals surface area contributed by atoms with Gasteiger partial charge in [-0.3, -0.25) is 0 Å². The van der Waals surface area contributed by atoms with Crippen LogP contribution in [0.2, 0.25) is 5.02 Å². The van der Waals surface area contributed by atoms with Crippen LogP contribution in [0.1, 0.15) is 5.56 Å². The molecule has 0 aromatic heterocycles. The zero-order chi connectivity index (χ0) is 14.0. The highest BCUT2D eigenvalue weighted by Crippen LogP contribution is 2.33. The van der Waals surface area contributed by atoms with E-state index in [4.69, 9.17) is 11.6 Å². The molecule has 0 amide bonds. The molecule has 0 bridgehead atoms. The summed E-state index contributed by atoms with van der Waals surface area (Å²) in [6.45, 7) is 0.473. The summed E-state index contributed by atoms with van der Waals surface area (Å²) >= 11 is 9.00. The summed E-state index contributed by atoms with van der Waals surface area (Å²) in [6, 6.07) is 7.54. The Bertz CT molecular complexity index is 617. The summed E-state index contributed by atoms with van der Waals surface area (Å²) in [5, 5.41) is 3.49. The van der Waals surface area contributed by atoms with Crippen LogP contribution in [0.4, 0.5) is 8.78 Å². The predicted molar refractivity (Wildman–Crippen MR) is 77.3 cm³/mol. The van der Waals surface area contributed by atoms with Crippen LogP contribution in [-0.2, 0) is 6.54 Å². The van der Waals surface area contributed by atoms with Crippen LogP contribution in [0.25, 0.3) is 11.1 Å². The van der Waals surface area contributed by atoms with Crippen molar-refractivity contribution < 1.29 is 8.78 Å². The van der Waals surface area contributed by atoms with Gasteiger partial charge in [0.15, 0.2) is 0 Å². The molecule has 0 unspecified atom stereocenters. The van der Waals surface area contributed by atoms with Crippen LogP contribution in [0.5, 0.6) is 0 Å². The summed E-state index contributed by atoms with van der Waals surface area (Å²) in [5.41, 5.74) is 1.19. The molecular formula is C14H11BrClF2N. The molecule has 5 heteroatoms. The highest BCUT2D eigenvalue weighted by Gasteiger charge is 2.17. The molecule has 0 heterocycles. The van der Waals surface area contributed by atoms with E-state index in [0.29, 0.717) is 17.1 Å². The van der Waals surface area contributed by atoms with Gasteiger partial charge in [0, 0.05) is 11.6 Å². The Morgan fingerprint density at radius 2 is 1.95 bits per heavy atom. The molecule has 0 saturated heterocycles. The SMILES string of the molecule is CNCc1cc(Cl)ccc1-c1c(F)ccc(Br)c1F. The zero-order valence-electron chi connectivity index (χ0n) is 10.1. The monoisotopic (exact) mass is 345 g/mol. The van der Waals surface area contributed by atoms with E-state index in [-0.39, 0.29) is 10.0 Å². The van der Waals surface area contributed by atoms with Crippen LogP contribution in [0, 0.1) is 11.6 Å². The number of hydrogen-bond acceptors (Lipinski definition) is 1. The molecule has 0 aliphatic heterocycles. The fourth-order valence-electron chi connectivity index (χ4n) is 1.92. The molecule has 2 aromatic rings. The maximum Gasteiger partial charge on any atom is 0.148 e. The quantitative estimate of drug-likeness (QED) is 0.790. The van der Waals surface area contributed by atoms with Crippen LogP contribution in [-0.4, -0.2) is 7.05 Å². The predicted octanol–water partition coefficient (Wildman–Crippen LogP) is 4.77. The van der Waals surface area contributed by atoms with E-state index in [1.807, 2.05) is 0 Å². The molecule has 0 saturated carbocycles. The molecule has 0 spiro atoms. The van der Waals surface area contributed by atoms with E-state index in [0.717, 1.165) is 5.56 Å². The first-order chi connectivity index (χ1) is 9.04. The van der Waals surface area contributed by atoms with Gasteiger partial charge in [-0.15, -0.1) is 0 Å². The van der Waals surface area contributed by atoms with Crippen molar-refractivity contribution >= 4 is 27.5 Å². The van der Waals surface area contributed by atoms with Crippen molar-refractivity contribution in [2.45, 2.75) is 6.54 Å². The molecule has 0 atom stereocenters. The lowest BCUT2D eigenvalue weighted by Gasteiger charge is -2.12. The first kappa shape index (κ1) is 14.4. The van der Waals surface area contributed by atoms with E-state index in [1.165, 1.54) is 12.1 Å². The van der Waals surface area contributed by atoms with Crippen molar-refractivity contribution in [3.63, 3.8) is 0 Å². The third-order valence-corrected chi connectivity index (χ3v) is 3.60. The molecule has 0 fully saturated rings. The minimum Gasteiger partial charge on any atom is -0.316 e. The summed E-state index contributed by atoms with van der Waals surface area (Å²) < 4.78 is 28.3. The molecule has 2 aromatic carbocycles. The summed E-state index contributed by atoms with van der Waals surface area (Å²) in [7, 11) is 1.76. The van der Waals surface area contributed by atoms with Crippen LogP contribution >= 0.6 is 27.5 Å². The van der Waals surface area contributed by atoms with Crippen molar-refractivity contribution in [2.75, 3.05) is 7.05 Å². The van der Waals surface area contributed by atoms with Gasteiger partial charge in [-0.05, 0) is 58.4 Å². The third-order valence-electron chi connectivity index (χ3n) is 2.75. The minimum atomic E-state index is -0.611. The smallest absolute Gasteiger partial charge is 0.148 e. The number of halogens is 4. The Balaban J connectivity index is 2.68. The largest absolute Gasteiger partial charge is 0.316 e. The van der Waals surface area contributed by atoms with Gasteiger partial charge >= 0.3 is 0 Å². The summed E-state index contributed by atoms with van der Waals surface area (Å²) in [6.07, 6.45) is 0. The highest BCUT2D eigenvalue weighted by molar-refractivity contribution is 9.10.